The van der Waals surface area contributed by atoms with Gasteiger partial charge in [-0.3, -0.25) is 5.41 Å². The fourth-order valence-corrected chi connectivity index (χ4v) is 1.41. The molecule has 0 aliphatic rings. The minimum absolute atomic E-state index is 0.172. The Morgan fingerprint density at radius 2 is 2.58 bits per heavy atom. The fourth-order valence-electron chi connectivity index (χ4n) is 0.870. The van der Waals surface area contributed by atoms with E-state index in [1.54, 1.807) is 0 Å². The lowest BCUT2D eigenvalue weighted by molar-refractivity contribution is 1.05. The number of hydrogen-bond donors (Lipinski definition) is 3. The maximum absolute atomic E-state index is 6.98. The fraction of sp³-hybridized carbons (Fsp3) is 0.429. The summed E-state index contributed by atoms with van der Waals surface area (Å²) in [5.41, 5.74) is 6.28. The van der Waals surface area contributed by atoms with Gasteiger partial charge < -0.3 is 10.7 Å². The summed E-state index contributed by atoms with van der Waals surface area (Å²) in [4.78, 5) is 7.18. The average molecular weight is 184 g/mol. The molecule has 66 valence electrons. The predicted molar refractivity (Wildman–Crippen MR) is 51.4 cm³/mol. The molecule has 0 spiro atoms. The molecule has 1 rings (SSSR count). The molecule has 12 heavy (non-hydrogen) atoms. The number of nitrogens with zero attached hydrogens (tertiary/aromatic N) is 1. The first-order chi connectivity index (χ1) is 5.68. The van der Waals surface area contributed by atoms with E-state index in [0.717, 1.165) is 23.7 Å². The summed E-state index contributed by atoms with van der Waals surface area (Å²) in [5.74, 6) is 1.76. The van der Waals surface area contributed by atoms with Crippen LogP contribution in [0.1, 0.15) is 11.5 Å². The molecule has 0 fully saturated rings. The highest BCUT2D eigenvalue weighted by Crippen LogP contribution is 2.03. The lowest BCUT2D eigenvalue weighted by Gasteiger charge is -1.95. The van der Waals surface area contributed by atoms with E-state index in [-0.39, 0.29) is 5.17 Å². The summed E-state index contributed by atoms with van der Waals surface area (Å²) >= 11 is 1.35. The van der Waals surface area contributed by atoms with Crippen molar-refractivity contribution in [2.45, 2.75) is 13.3 Å². The molecule has 4 N–H and O–H groups in total. The highest BCUT2D eigenvalue weighted by atomic mass is 32.2. The molecule has 1 heterocycles. The molecule has 0 aliphatic carbocycles. The van der Waals surface area contributed by atoms with Gasteiger partial charge in [-0.25, -0.2) is 4.98 Å². The van der Waals surface area contributed by atoms with E-state index < -0.39 is 0 Å². The van der Waals surface area contributed by atoms with E-state index >= 15 is 0 Å². The number of nitrogens with two attached hydrogens (primary N) is 1. The van der Waals surface area contributed by atoms with Crippen molar-refractivity contribution in [2.75, 3.05) is 5.75 Å². The Balaban J connectivity index is 2.29. The van der Waals surface area contributed by atoms with Gasteiger partial charge in [0.15, 0.2) is 5.17 Å². The zero-order valence-electron chi connectivity index (χ0n) is 6.92. The van der Waals surface area contributed by atoms with Crippen LogP contribution >= 0.6 is 11.8 Å². The molecule has 0 aliphatic heterocycles. The molecular weight excluding hydrogens is 172 g/mol. The maximum Gasteiger partial charge on any atom is 0.151 e. The van der Waals surface area contributed by atoms with E-state index in [2.05, 4.69) is 9.97 Å². The van der Waals surface area contributed by atoms with Gasteiger partial charge in [-0.15, -0.1) is 0 Å². The molecular formula is C7H12N4S. The summed E-state index contributed by atoms with van der Waals surface area (Å²) in [6.45, 7) is 1.92. The van der Waals surface area contributed by atoms with Gasteiger partial charge >= 0.3 is 0 Å². The van der Waals surface area contributed by atoms with Crippen molar-refractivity contribution in [3.63, 3.8) is 0 Å². The van der Waals surface area contributed by atoms with Gasteiger partial charge in [-0.05, 0) is 13.3 Å². The Hall–Kier alpha value is -0.970. The SMILES string of the molecule is Cc1ncc(CCSC(=N)N)[nH]1. The molecule has 5 heteroatoms. The standard InChI is InChI=1S/C7H12N4S/c1-5-10-4-6(11-5)2-3-12-7(8)9/h4H,2-3H2,1H3,(H3,8,9)(H,10,11). The number of thioether (sulfide) groups is 1. The van der Waals surface area contributed by atoms with Crippen LogP contribution in [0.2, 0.25) is 0 Å². The molecule has 0 bridgehead atoms. The van der Waals surface area contributed by atoms with Crippen molar-refractivity contribution in [1.82, 2.24) is 9.97 Å². The van der Waals surface area contributed by atoms with Gasteiger partial charge in [0, 0.05) is 17.6 Å². The Morgan fingerprint density at radius 1 is 1.83 bits per heavy atom. The normalized spacial score (nSPS) is 10.1. The van der Waals surface area contributed by atoms with Crippen molar-refractivity contribution in [2.24, 2.45) is 5.73 Å². The Bertz CT molecular complexity index is 268. The second-order valence-corrected chi connectivity index (χ2v) is 3.59. The first-order valence-electron chi connectivity index (χ1n) is 3.66. The quantitative estimate of drug-likeness (QED) is 0.482. The maximum atomic E-state index is 6.98. The van der Waals surface area contributed by atoms with Gasteiger partial charge in [0.1, 0.15) is 5.82 Å². The summed E-state index contributed by atoms with van der Waals surface area (Å²) in [7, 11) is 0. The lowest BCUT2D eigenvalue weighted by Crippen LogP contribution is -2.05. The number of rotatable bonds is 3. The van der Waals surface area contributed by atoms with Gasteiger partial charge in [-0.2, -0.15) is 0 Å². The van der Waals surface area contributed by atoms with Crippen molar-refractivity contribution >= 4 is 16.9 Å². The van der Waals surface area contributed by atoms with Crippen LogP contribution in [0.25, 0.3) is 0 Å². The van der Waals surface area contributed by atoms with Crippen LogP contribution in [0.3, 0.4) is 0 Å². The second-order valence-electron chi connectivity index (χ2n) is 2.46. The molecule has 0 unspecified atom stereocenters. The monoisotopic (exact) mass is 184 g/mol. The number of aromatic nitrogens is 2. The van der Waals surface area contributed by atoms with Gasteiger partial charge in [0.25, 0.3) is 0 Å². The number of amidine groups is 1. The van der Waals surface area contributed by atoms with Crippen LogP contribution < -0.4 is 5.73 Å². The molecule has 1 aromatic rings. The first kappa shape index (κ1) is 9.12. The number of H-pyrrole nitrogens is 1. The minimum atomic E-state index is 0.172. The van der Waals surface area contributed by atoms with Gasteiger partial charge in [-0.1, -0.05) is 11.8 Å². The summed E-state index contributed by atoms with van der Waals surface area (Å²) < 4.78 is 0. The van der Waals surface area contributed by atoms with Crippen LogP contribution in [0.5, 0.6) is 0 Å². The molecule has 1 aromatic heterocycles. The highest BCUT2D eigenvalue weighted by Gasteiger charge is 1.97. The number of imidazole rings is 1. The molecule has 0 saturated carbocycles. The van der Waals surface area contributed by atoms with E-state index in [4.69, 9.17) is 11.1 Å². The first-order valence-corrected chi connectivity index (χ1v) is 4.64. The predicted octanol–water partition coefficient (Wildman–Crippen LogP) is 0.887. The van der Waals surface area contributed by atoms with Gasteiger partial charge in [0.05, 0.1) is 0 Å². The number of hydrogen-bond acceptors (Lipinski definition) is 3. The zero-order chi connectivity index (χ0) is 8.97. The minimum Gasteiger partial charge on any atom is -0.379 e. The van der Waals surface area contributed by atoms with Crippen molar-refractivity contribution in [3.8, 4) is 0 Å². The largest absolute Gasteiger partial charge is 0.379 e. The average Bonchev–Trinajstić information content (AvgIpc) is 2.35. The summed E-state index contributed by atoms with van der Waals surface area (Å²) in [5, 5.41) is 7.15. The number of aryl methyl sites for hydroxylation is 2. The van der Waals surface area contributed by atoms with Crippen LogP contribution in [-0.2, 0) is 6.42 Å². The highest BCUT2D eigenvalue weighted by molar-refractivity contribution is 8.13. The Labute approximate surface area is 75.5 Å². The van der Waals surface area contributed by atoms with E-state index in [1.165, 1.54) is 11.8 Å². The van der Waals surface area contributed by atoms with Crippen molar-refractivity contribution in [1.29, 1.82) is 5.41 Å². The number of aromatic amines is 1. The summed E-state index contributed by atoms with van der Waals surface area (Å²) in [6.07, 6.45) is 2.70. The van der Waals surface area contributed by atoms with Crippen LogP contribution in [0.15, 0.2) is 6.20 Å². The molecule has 0 atom stereocenters. The zero-order valence-corrected chi connectivity index (χ0v) is 7.74. The van der Waals surface area contributed by atoms with Crippen LogP contribution in [0, 0.1) is 12.3 Å². The smallest absolute Gasteiger partial charge is 0.151 e. The van der Waals surface area contributed by atoms with Crippen molar-refractivity contribution in [3.05, 3.63) is 17.7 Å². The van der Waals surface area contributed by atoms with E-state index in [9.17, 15) is 0 Å². The van der Waals surface area contributed by atoms with Crippen molar-refractivity contribution < 1.29 is 0 Å². The van der Waals surface area contributed by atoms with Gasteiger partial charge in [0.2, 0.25) is 0 Å². The van der Waals surface area contributed by atoms with E-state index in [0.29, 0.717) is 0 Å². The van der Waals surface area contributed by atoms with Crippen LogP contribution in [0.4, 0.5) is 0 Å². The topological polar surface area (TPSA) is 78.6 Å². The molecule has 0 radical (unpaired) electrons. The third-order valence-electron chi connectivity index (χ3n) is 1.38. The van der Waals surface area contributed by atoms with E-state index in [1.807, 2.05) is 13.1 Å². The molecule has 4 nitrogen and oxygen atoms in total. The lowest BCUT2D eigenvalue weighted by atomic mass is 10.4. The Morgan fingerprint density at radius 3 is 3.08 bits per heavy atom. The summed E-state index contributed by atoms with van der Waals surface area (Å²) in [6, 6.07) is 0. The second kappa shape index (κ2) is 4.15. The third kappa shape index (κ3) is 2.96. The molecule has 0 saturated heterocycles. The number of nitrogens with one attached hydrogen (secondary N) is 2. The third-order valence-corrected chi connectivity index (χ3v) is 2.10. The van der Waals surface area contributed by atoms with Crippen LogP contribution in [-0.4, -0.2) is 20.9 Å². The molecule has 0 amide bonds. The Kier molecular flexibility index (Phi) is 3.16. The molecule has 0 aromatic carbocycles.